The molecular formula is C21H20ClN5O5. The molecule has 1 aliphatic rings. The molecule has 2 amide bonds. The highest BCUT2D eigenvalue weighted by Gasteiger charge is 2.25. The zero-order valence-electron chi connectivity index (χ0n) is 17.0. The third-order valence-corrected chi connectivity index (χ3v) is 5.23. The smallest absolute Gasteiger partial charge is 0.372 e. The van der Waals surface area contributed by atoms with Crippen molar-refractivity contribution < 1.29 is 24.2 Å². The molecule has 1 saturated heterocycles. The third kappa shape index (κ3) is 4.56. The van der Waals surface area contributed by atoms with Crippen molar-refractivity contribution >= 4 is 46.2 Å². The van der Waals surface area contributed by atoms with Crippen LogP contribution in [0.4, 0.5) is 5.82 Å². The molecule has 0 radical (unpaired) electrons. The number of carbonyl (C=O) groups excluding carboxylic acids is 2. The number of aromatic carboxylic acids is 1. The lowest BCUT2D eigenvalue weighted by Gasteiger charge is -2.19. The Kier molecular flexibility index (Phi) is 6.33. The van der Waals surface area contributed by atoms with Gasteiger partial charge in [-0.2, -0.15) is 0 Å². The van der Waals surface area contributed by atoms with E-state index in [-0.39, 0.29) is 35.2 Å². The predicted octanol–water partition coefficient (Wildman–Crippen LogP) is 2.28. The molecule has 0 atom stereocenters. The van der Waals surface area contributed by atoms with Crippen LogP contribution in [0.5, 0.6) is 0 Å². The Hall–Kier alpha value is -3.50. The monoisotopic (exact) mass is 457 g/mol. The van der Waals surface area contributed by atoms with Gasteiger partial charge in [0, 0.05) is 25.9 Å². The Morgan fingerprint density at radius 3 is 2.75 bits per heavy atom. The molecule has 2 N–H and O–H groups in total. The topological polar surface area (TPSA) is 127 Å². The van der Waals surface area contributed by atoms with E-state index in [1.807, 2.05) is 0 Å². The minimum Gasteiger partial charge on any atom is -0.475 e. The van der Waals surface area contributed by atoms with E-state index in [1.165, 1.54) is 16.8 Å². The van der Waals surface area contributed by atoms with Crippen molar-refractivity contribution in [1.82, 2.24) is 19.4 Å². The quantitative estimate of drug-likeness (QED) is 0.601. The second kappa shape index (κ2) is 9.33. The van der Waals surface area contributed by atoms with Crippen molar-refractivity contribution in [3.63, 3.8) is 0 Å². The number of ether oxygens (including phenoxy) is 1. The van der Waals surface area contributed by atoms with Gasteiger partial charge in [-0.3, -0.25) is 9.59 Å². The van der Waals surface area contributed by atoms with Gasteiger partial charge in [0.05, 0.1) is 22.7 Å². The summed E-state index contributed by atoms with van der Waals surface area (Å²) in [6.07, 6.45) is 2.10. The van der Waals surface area contributed by atoms with E-state index in [0.717, 1.165) is 6.42 Å². The number of carbonyl (C=O) groups is 3. The largest absolute Gasteiger partial charge is 0.475 e. The number of hydrogen-bond donors (Lipinski definition) is 2. The van der Waals surface area contributed by atoms with Crippen LogP contribution in [0.1, 0.15) is 27.4 Å². The number of fused-ring (bicyclic) bond motifs is 1. The van der Waals surface area contributed by atoms with E-state index in [4.69, 9.17) is 16.3 Å². The second-order valence-electron chi connectivity index (χ2n) is 7.17. The Morgan fingerprint density at radius 1 is 1.16 bits per heavy atom. The number of aromatic nitrogens is 3. The predicted molar refractivity (Wildman–Crippen MR) is 116 cm³/mol. The number of benzene rings is 1. The average Bonchev–Trinajstić information content (AvgIpc) is 2.95. The van der Waals surface area contributed by atoms with Gasteiger partial charge in [-0.1, -0.05) is 17.7 Å². The van der Waals surface area contributed by atoms with Crippen molar-refractivity contribution in [2.45, 2.75) is 13.0 Å². The molecule has 0 bridgehead atoms. The molecule has 0 aliphatic carbocycles. The summed E-state index contributed by atoms with van der Waals surface area (Å²) in [6, 6.07) is 7.99. The van der Waals surface area contributed by atoms with Gasteiger partial charge in [-0.15, -0.1) is 0 Å². The summed E-state index contributed by atoms with van der Waals surface area (Å²) >= 11 is 5.80. The summed E-state index contributed by atoms with van der Waals surface area (Å²) in [7, 11) is 0. The Balaban J connectivity index is 1.66. The fourth-order valence-electron chi connectivity index (χ4n) is 3.54. The first kappa shape index (κ1) is 21.7. The number of anilines is 1. The van der Waals surface area contributed by atoms with E-state index >= 15 is 0 Å². The van der Waals surface area contributed by atoms with Crippen LogP contribution in [0.15, 0.2) is 36.5 Å². The molecule has 1 fully saturated rings. The molecule has 3 aromatic rings. The Morgan fingerprint density at radius 2 is 2.00 bits per heavy atom. The first-order chi connectivity index (χ1) is 15.4. The fraction of sp³-hybridized carbons (Fsp3) is 0.286. The number of rotatable bonds is 5. The van der Waals surface area contributed by atoms with Crippen LogP contribution in [0.2, 0.25) is 5.02 Å². The molecule has 4 rings (SSSR count). The number of nitrogens with zero attached hydrogens (tertiary/aromatic N) is 4. The molecule has 0 unspecified atom stereocenters. The summed E-state index contributed by atoms with van der Waals surface area (Å²) in [5.41, 5.74) is 0.890. The average molecular weight is 458 g/mol. The van der Waals surface area contributed by atoms with Crippen LogP contribution < -0.4 is 5.32 Å². The van der Waals surface area contributed by atoms with Crippen molar-refractivity contribution in [2.24, 2.45) is 0 Å². The van der Waals surface area contributed by atoms with Crippen molar-refractivity contribution in [3.8, 4) is 0 Å². The van der Waals surface area contributed by atoms with E-state index in [9.17, 15) is 19.5 Å². The van der Waals surface area contributed by atoms with Gasteiger partial charge in [-0.05, 0) is 30.7 Å². The minimum atomic E-state index is -1.31. The van der Waals surface area contributed by atoms with E-state index < -0.39 is 11.9 Å². The van der Waals surface area contributed by atoms with Crippen LogP contribution in [0, 0.1) is 0 Å². The van der Waals surface area contributed by atoms with Crippen LogP contribution in [0.3, 0.4) is 0 Å². The van der Waals surface area contributed by atoms with Crippen LogP contribution in [0.25, 0.3) is 11.0 Å². The maximum atomic E-state index is 13.1. The first-order valence-electron chi connectivity index (χ1n) is 9.95. The summed E-state index contributed by atoms with van der Waals surface area (Å²) < 4.78 is 6.67. The number of imidazole rings is 1. The van der Waals surface area contributed by atoms with Crippen LogP contribution in [-0.2, 0) is 16.1 Å². The molecule has 0 spiro atoms. The normalized spacial score (nSPS) is 14.2. The third-order valence-electron chi connectivity index (χ3n) is 5.01. The van der Waals surface area contributed by atoms with E-state index in [1.54, 1.807) is 29.2 Å². The summed E-state index contributed by atoms with van der Waals surface area (Å²) in [6.45, 7) is 1.69. The summed E-state index contributed by atoms with van der Waals surface area (Å²) in [4.78, 5) is 47.4. The number of nitrogens with one attached hydrogen (secondary N) is 1. The first-order valence-corrected chi connectivity index (χ1v) is 10.3. The highest BCUT2D eigenvalue weighted by atomic mass is 35.5. The van der Waals surface area contributed by atoms with Gasteiger partial charge in [0.25, 0.3) is 5.91 Å². The lowest BCUT2D eigenvalue weighted by molar-refractivity contribution is -0.116. The lowest BCUT2D eigenvalue weighted by atomic mass is 10.1. The van der Waals surface area contributed by atoms with Gasteiger partial charge < -0.3 is 24.6 Å². The van der Waals surface area contributed by atoms with E-state index in [0.29, 0.717) is 36.8 Å². The van der Waals surface area contributed by atoms with E-state index in [2.05, 4.69) is 15.3 Å². The zero-order chi connectivity index (χ0) is 22.7. The zero-order valence-corrected chi connectivity index (χ0v) is 17.7. The molecule has 32 heavy (non-hydrogen) atoms. The summed E-state index contributed by atoms with van der Waals surface area (Å²) in [5, 5.41) is 12.7. The lowest BCUT2D eigenvalue weighted by Crippen LogP contribution is -2.33. The highest BCUT2D eigenvalue weighted by Crippen LogP contribution is 2.23. The highest BCUT2D eigenvalue weighted by molar-refractivity contribution is 6.30. The van der Waals surface area contributed by atoms with Crippen LogP contribution in [-0.4, -0.2) is 68.6 Å². The number of carboxylic acid groups (broad SMARTS) is 1. The van der Waals surface area contributed by atoms with Crippen LogP contribution >= 0.6 is 11.6 Å². The molecule has 11 heteroatoms. The number of carboxylic acids is 1. The number of para-hydroxylation sites is 1. The molecule has 0 saturated carbocycles. The maximum Gasteiger partial charge on any atom is 0.372 e. The fourth-order valence-corrected chi connectivity index (χ4v) is 3.65. The van der Waals surface area contributed by atoms with Gasteiger partial charge in [0.2, 0.25) is 11.7 Å². The molecule has 1 aliphatic heterocycles. The molecular weight excluding hydrogens is 438 g/mol. The maximum absolute atomic E-state index is 13.1. The van der Waals surface area contributed by atoms with Crippen molar-refractivity contribution in [1.29, 1.82) is 0 Å². The van der Waals surface area contributed by atoms with Gasteiger partial charge in [0.15, 0.2) is 0 Å². The number of hydrogen-bond acceptors (Lipinski definition) is 6. The Bertz CT molecular complexity index is 1170. The van der Waals surface area contributed by atoms with Gasteiger partial charge in [0.1, 0.15) is 17.9 Å². The van der Waals surface area contributed by atoms with Crippen molar-refractivity contribution in [3.05, 3.63) is 52.9 Å². The Labute approximate surface area is 187 Å². The molecule has 10 nitrogen and oxygen atoms in total. The van der Waals surface area contributed by atoms with Crippen molar-refractivity contribution in [2.75, 3.05) is 31.6 Å². The number of amides is 2. The SMILES string of the molecule is O=C(Cn1c(C(=O)O)nc2c(C(=O)N3CCCOCC3)cccc21)Nc1ccc(Cl)cn1. The number of pyridine rings is 1. The minimum absolute atomic E-state index is 0.234. The number of halogens is 1. The van der Waals surface area contributed by atoms with Gasteiger partial charge >= 0.3 is 5.97 Å². The molecule has 2 aromatic heterocycles. The molecule has 166 valence electrons. The second-order valence-corrected chi connectivity index (χ2v) is 7.60. The molecule has 3 heterocycles. The molecule has 1 aromatic carbocycles. The standard InChI is InChI=1S/C21H20ClN5O5/c22-13-5-6-16(23-11-13)24-17(28)12-27-15-4-1-3-14(18(15)25-19(27)21(30)31)20(29)26-7-2-9-32-10-8-26/h1,3-6,11H,2,7-10,12H2,(H,30,31)(H,23,24,28). The summed E-state index contributed by atoms with van der Waals surface area (Å²) in [5.74, 6) is -2.11. The van der Waals surface area contributed by atoms with Gasteiger partial charge in [-0.25, -0.2) is 14.8 Å².